The summed E-state index contributed by atoms with van der Waals surface area (Å²) in [6, 6.07) is 0.337. The Bertz CT molecular complexity index is 231. The Hall–Kier alpha value is -0.610. The number of nitrogens with zero attached hydrogens (tertiary/aromatic N) is 1. The Morgan fingerprint density at radius 3 is 2.32 bits per heavy atom. The summed E-state index contributed by atoms with van der Waals surface area (Å²) in [6.45, 7) is 11.6. The molecule has 0 aliphatic heterocycles. The summed E-state index contributed by atoms with van der Waals surface area (Å²) in [5.74, 6) is -0.231. The summed E-state index contributed by atoms with van der Waals surface area (Å²) in [5, 5.41) is 3.23. The molecule has 0 aliphatic carbocycles. The van der Waals surface area contributed by atoms with Gasteiger partial charge in [0.05, 0.1) is 6.04 Å². The maximum Gasteiger partial charge on any atom is 0.234 e. The number of hydrogen-bond acceptors (Lipinski definition) is 3. The lowest BCUT2D eigenvalue weighted by Crippen LogP contribution is -2.45. The number of carbonyl (C=O) groups excluding carboxylic acids is 1. The van der Waals surface area contributed by atoms with Gasteiger partial charge in [0.25, 0.3) is 0 Å². The molecule has 4 heteroatoms. The third-order valence-electron chi connectivity index (χ3n) is 3.47. The number of amides is 1. The molecular weight excluding hydrogens is 238 g/mol. The van der Waals surface area contributed by atoms with Gasteiger partial charge >= 0.3 is 0 Å². The Kier molecular flexibility index (Phi) is 10.9. The fourth-order valence-corrected chi connectivity index (χ4v) is 2.15. The second-order valence-corrected chi connectivity index (χ2v) is 5.53. The predicted molar refractivity (Wildman–Crippen MR) is 82.1 cm³/mol. The first-order valence-corrected chi connectivity index (χ1v) is 7.79. The van der Waals surface area contributed by atoms with Crippen molar-refractivity contribution >= 4 is 5.91 Å². The molecule has 19 heavy (non-hydrogen) atoms. The molecule has 1 unspecified atom stereocenters. The lowest BCUT2D eigenvalue weighted by atomic mass is 10.1. The quantitative estimate of drug-likeness (QED) is 0.535. The molecule has 1 amide bonds. The van der Waals surface area contributed by atoms with Crippen LogP contribution in [-0.2, 0) is 4.79 Å². The molecule has 0 aromatic carbocycles. The molecule has 114 valence electrons. The summed E-state index contributed by atoms with van der Waals surface area (Å²) < 4.78 is 0. The minimum Gasteiger partial charge on any atom is -0.368 e. The topological polar surface area (TPSA) is 58.4 Å². The maximum absolute atomic E-state index is 11.4. The van der Waals surface area contributed by atoms with Gasteiger partial charge in [-0.15, -0.1) is 0 Å². The van der Waals surface area contributed by atoms with Crippen LogP contribution in [0.4, 0.5) is 0 Å². The van der Waals surface area contributed by atoms with Crippen LogP contribution >= 0.6 is 0 Å². The van der Waals surface area contributed by atoms with Crippen LogP contribution in [0.2, 0.25) is 0 Å². The zero-order chi connectivity index (χ0) is 14.7. The summed E-state index contributed by atoms with van der Waals surface area (Å²) >= 11 is 0. The molecule has 0 aliphatic rings. The Morgan fingerprint density at radius 2 is 1.84 bits per heavy atom. The number of primary amides is 1. The second-order valence-electron chi connectivity index (χ2n) is 5.53. The normalized spacial score (nSPS) is 13.2. The molecule has 0 aromatic heterocycles. The molecule has 3 N–H and O–H groups in total. The molecule has 0 bridgehead atoms. The molecule has 0 heterocycles. The van der Waals surface area contributed by atoms with E-state index in [2.05, 4.69) is 37.9 Å². The molecule has 0 fully saturated rings. The van der Waals surface area contributed by atoms with Gasteiger partial charge in [-0.3, -0.25) is 4.79 Å². The van der Waals surface area contributed by atoms with Crippen LogP contribution in [0.15, 0.2) is 0 Å². The van der Waals surface area contributed by atoms with Gasteiger partial charge in [0.1, 0.15) is 0 Å². The van der Waals surface area contributed by atoms with Crippen molar-refractivity contribution in [1.82, 2.24) is 10.2 Å². The van der Waals surface area contributed by atoms with E-state index in [9.17, 15) is 4.79 Å². The number of unbranched alkanes of at least 4 members (excludes halogenated alkanes) is 2. The smallest absolute Gasteiger partial charge is 0.234 e. The van der Waals surface area contributed by atoms with Gasteiger partial charge in [0.15, 0.2) is 0 Å². The molecule has 0 rings (SSSR count). The highest BCUT2D eigenvalue weighted by atomic mass is 16.1. The van der Waals surface area contributed by atoms with E-state index in [1.54, 1.807) is 0 Å². The molecule has 0 aromatic rings. The molecule has 0 radical (unpaired) electrons. The highest BCUT2D eigenvalue weighted by Gasteiger charge is 2.17. The molecule has 0 spiro atoms. The van der Waals surface area contributed by atoms with Crippen molar-refractivity contribution in [3.05, 3.63) is 0 Å². The van der Waals surface area contributed by atoms with Gasteiger partial charge in [-0.2, -0.15) is 0 Å². The number of carbonyl (C=O) groups is 1. The van der Waals surface area contributed by atoms with Crippen LogP contribution in [-0.4, -0.2) is 42.5 Å². The summed E-state index contributed by atoms with van der Waals surface area (Å²) in [4.78, 5) is 13.8. The van der Waals surface area contributed by atoms with E-state index in [4.69, 9.17) is 5.73 Å². The van der Waals surface area contributed by atoms with Crippen LogP contribution < -0.4 is 11.1 Å². The third-order valence-corrected chi connectivity index (χ3v) is 3.47. The van der Waals surface area contributed by atoms with Crippen molar-refractivity contribution in [1.29, 1.82) is 0 Å². The van der Waals surface area contributed by atoms with E-state index in [-0.39, 0.29) is 11.9 Å². The number of hydrogen-bond donors (Lipinski definition) is 2. The number of rotatable bonds is 12. The zero-order valence-corrected chi connectivity index (χ0v) is 13.2. The first-order valence-electron chi connectivity index (χ1n) is 7.79. The Balaban J connectivity index is 4.14. The predicted octanol–water partition coefficient (Wildman–Crippen LogP) is 2.13. The van der Waals surface area contributed by atoms with Crippen molar-refractivity contribution in [3.8, 4) is 0 Å². The van der Waals surface area contributed by atoms with E-state index in [1.807, 2.05) is 0 Å². The van der Waals surface area contributed by atoms with Gasteiger partial charge in [0, 0.05) is 12.6 Å². The largest absolute Gasteiger partial charge is 0.368 e. The van der Waals surface area contributed by atoms with Crippen molar-refractivity contribution in [2.75, 3.05) is 19.6 Å². The summed E-state index contributed by atoms with van der Waals surface area (Å²) in [7, 11) is 0. The molecule has 4 nitrogen and oxygen atoms in total. The van der Waals surface area contributed by atoms with Gasteiger partial charge in [-0.05, 0) is 46.2 Å². The van der Waals surface area contributed by atoms with Crippen LogP contribution in [0.1, 0.15) is 59.8 Å². The molecular formula is C15H33N3O. The van der Waals surface area contributed by atoms with E-state index >= 15 is 0 Å². The van der Waals surface area contributed by atoms with Crippen molar-refractivity contribution < 1.29 is 4.79 Å². The van der Waals surface area contributed by atoms with Crippen molar-refractivity contribution in [2.45, 2.75) is 71.9 Å². The van der Waals surface area contributed by atoms with E-state index in [0.29, 0.717) is 6.04 Å². The third kappa shape index (κ3) is 9.00. The van der Waals surface area contributed by atoms with Crippen molar-refractivity contribution in [2.24, 2.45) is 5.73 Å². The van der Waals surface area contributed by atoms with E-state index in [1.165, 1.54) is 19.3 Å². The van der Waals surface area contributed by atoms with E-state index < -0.39 is 0 Å². The average molecular weight is 271 g/mol. The highest BCUT2D eigenvalue weighted by Crippen LogP contribution is 2.06. The van der Waals surface area contributed by atoms with Gasteiger partial charge in [0.2, 0.25) is 5.91 Å². The van der Waals surface area contributed by atoms with Crippen LogP contribution in [0.3, 0.4) is 0 Å². The first-order chi connectivity index (χ1) is 9.02. The molecule has 0 saturated carbocycles. The molecule has 1 atom stereocenters. The van der Waals surface area contributed by atoms with Gasteiger partial charge in [-0.25, -0.2) is 0 Å². The lowest BCUT2D eigenvalue weighted by Gasteiger charge is -2.28. The summed E-state index contributed by atoms with van der Waals surface area (Å²) in [6.07, 6.45) is 5.58. The monoisotopic (exact) mass is 271 g/mol. The molecule has 0 saturated heterocycles. The van der Waals surface area contributed by atoms with Crippen molar-refractivity contribution in [3.63, 3.8) is 0 Å². The minimum atomic E-state index is -0.231. The van der Waals surface area contributed by atoms with Gasteiger partial charge in [-0.1, -0.05) is 26.7 Å². The number of nitrogens with two attached hydrogens (primary N) is 1. The highest BCUT2D eigenvalue weighted by molar-refractivity contribution is 5.79. The van der Waals surface area contributed by atoms with Crippen LogP contribution in [0, 0.1) is 0 Å². The maximum atomic E-state index is 11.4. The number of nitrogens with one attached hydrogen (secondary N) is 1. The summed E-state index contributed by atoms with van der Waals surface area (Å²) in [5.41, 5.74) is 5.44. The Morgan fingerprint density at radius 1 is 1.16 bits per heavy atom. The Labute approximate surface area is 119 Å². The fourth-order valence-electron chi connectivity index (χ4n) is 2.15. The fraction of sp³-hybridized carbons (Fsp3) is 0.933. The average Bonchev–Trinajstić information content (AvgIpc) is 2.35. The van der Waals surface area contributed by atoms with E-state index in [0.717, 1.165) is 32.5 Å². The SMILES string of the molecule is CCCCCN(CCC(NCCC)C(N)=O)C(C)C. The standard InChI is InChI=1S/C15H33N3O/c1-5-7-8-11-18(13(3)4)12-9-14(15(16)19)17-10-6-2/h13-14,17H,5-12H2,1-4H3,(H2,16,19). The second kappa shape index (κ2) is 11.2. The first kappa shape index (κ1) is 18.4. The van der Waals surface area contributed by atoms with Gasteiger partial charge < -0.3 is 16.0 Å². The van der Waals surface area contributed by atoms with Crippen LogP contribution in [0.5, 0.6) is 0 Å². The minimum absolute atomic E-state index is 0.188. The lowest BCUT2D eigenvalue weighted by molar-refractivity contribution is -0.120. The van der Waals surface area contributed by atoms with Crippen LogP contribution in [0.25, 0.3) is 0 Å². The zero-order valence-electron chi connectivity index (χ0n) is 13.2.